The zero-order valence-corrected chi connectivity index (χ0v) is 11.8. The van der Waals surface area contributed by atoms with E-state index in [1.807, 2.05) is 30.1 Å². The minimum Gasteiger partial charge on any atom is -0.493 e. The van der Waals surface area contributed by atoms with Crippen LogP contribution in [0.5, 0.6) is 5.75 Å². The molecule has 0 aliphatic carbocycles. The number of hydrogen-bond donors (Lipinski definition) is 1. The number of nitrogens with two attached hydrogens (primary N) is 1. The Labute approximate surface area is 119 Å². The lowest BCUT2D eigenvalue weighted by Gasteiger charge is -2.30. The van der Waals surface area contributed by atoms with E-state index in [0.717, 1.165) is 31.6 Å². The van der Waals surface area contributed by atoms with Gasteiger partial charge in [0.15, 0.2) is 0 Å². The van der Waals surface area contributed by atoms with E-state index in [1.165, 1.54) is 11.1 Å². The second-order valence-corrected chi connectivity index (χ2v) is 5.51. The topological polar surface area (TPSA) is 53.1 Å². The third kappa shape index (κ3) is 2.70. The van der Waals surface area contributed by atoms with Gasteiger partial charge in [-0.15, -0.1) is 0 Å². The summed E-state index contributed by atoms with van der Waals surface area (Å²) in [5, 5.41) is 4.20. The fraction of sp³-hybridized carbons (Fsp3) is 0.438. The minimum absolute atomic E-state index is 0.167. The number of fused-ring (bicyclic) bond motifs is 1. The first kappa shape index (κ1) is 13.2. The Morgan fingerprint density at radius 2 is 2.30 bits per heavy atom. The average Bonchev–Trinajstić information content (AvgIpc) is 2.90. The van der Waals surface area contributed by atoms with E-state index in [4.69, 9.17) is 10.5 Å². The molecule has 2 aromatic rings. The number of aryl methyl sites for hydroxylation is 2. The summed E-state index contributed by atoms with van der Waals surface area (Å²) in [5.41, 5.74) is 8.95. The summed E-state index contributed by atoms with van der Waals surface area (Å²) in [6.07, 6.45) is 6.94. The Kier molecular flexibility index (Phi) is 3.74. The molecule has 1 aliphatic heterocycles. The predicted molar refractivity (Wildman–Crippen MR) is 78.8 cm³/mol. The highest BCUT2D eigenvalue weighted by molar-refractivity contribution is 5.38. The Morgan fingerprint density at radius 3 is 3.10 bits per heavy atom. The first-order valence-electron chi connectivity index (χ1n) is 7.19. The van der Waals surface area contributed by atoms with E-state index in [0.29, 0.717) is 5.92 Å². The highest BCUT2D eigenvalue weighted by atomic mass is 16.5. The summed E-state index contributed by atoms with van der Waals surface area (Å²) in [6, 6.07) is 8.43. The number of benzene rings is 1. The van der Waals surface area contributed by atoms with Gasteiger partial charge in [-0.1, -0.05) is 18.2 Å². The molecule has 0 bridgehead atoms. The van der Waals surface area contributed by atoms with Crippen LogP contribution in [0.15, 0.2) is 36.7 Å². The van der Waals surface area contributed by atoms with Crippen LogP contribution in [0.4, 0.5) is 0 Å². The molecule has 1 aromatic heterocycles. The average molecular weight is 271 g/mol. The maximum Gasteiger partial charge on any atom is 0.122 e. The fourth-order valence-electron chi connectivity index (χ4n) is 2.95. The van der Waals surface area contributed by atoms with Gasteiger partial charge in [-0.3, -0.25) is 4.68 Å². The number of rotatable bonds is 4. The van der Waals surface area contributed by atoms with E-state index < -0.39 is 0 Å². The summed E-state index contributed by atoms with van der Waals surface area (Å²) in [7, 11) is 1.94. The van der Waals surface area contributed by atoms with Gasteiger partial charge in [0.05, 0.1) is 12.8 Å². The maximum absolute atomic E-state index is 6.44. The molecule has 0 saturated heterocycles. The van der Waals surface area contributed by atoms with Crippen molar-refractivity contribution < 1.29 is 4.74 Å². The van der Waals surface area contributed by atoms with Crippen molar-refractivity contribution in [2.24, 2.45) is 12.8 Å². The molecule has 2 atom stereocenters. The highest BCUT2D eigenvalue weighted by Crippen LogP contribution is 2.35. The predicted octanol–water partition coefficient (Wildman–Crippen LogP) is 2.25. The Hall–Kier alpha value is -1.81. The van der Waals surface area contributed by atoms with Crippen molar-refractivity contribution in [3.05, 3.63) is 47.8 Å². The van der Waals surface area contributed by atoms with Crippen LogP contribution < -0.4 is 10.5 Å². The number of para-hydroxylation sites is 1. The summed E-state index contributed by atoms with van der Waals surface area (Å²) in [4.78, 5) is 0. The Bertz CT molecular complexity index is 579. The van der Waals surface area contributed by atoms with Gasteiger partial charge in [-0.25, -0.2) is 0 Å². The van der Waals surface area contributed by atoms with Crippen LogP contribution in [0.2, 0.25) is 0 Å². The van der Waals surface area contributed by atoms with E-state index in [1.54, 1.807) is 0 Å². The number of hydrogen-bond acceptors (Lipinski definition) is 3. The molecule has 0 saturated carbocycles. The van der Waals surface area contributed by atoms with E-state index >= 15 is 0 Å². The molecule has 4 heteroatoms. The van der Waals surface area contributed by atoms with Gasteiger partial charge in [-0.05, 0) is 36.5 Å². The van der Waals surface area contributed by atoms with Gasteiger partial charge in [0, 0.05) is 25.2 Å². The molecular weight excluding hydrogens is 250 g/mol. The monoisotopic (exact) mass is 271 g/mol. The molecule has 0 spiro atoms. The molecule has 3 rings (SSSR count). The molecule has 2 N–H and O–H groups in total. The van der Waals surface area contributed by atoms with Crippen molar-refractivity contribution in [3.8, 4) is 5.75 Å². The van der Waals surface area contributed by atoms with Crippen molar-refractivity contribution in [2.75, 3.05) is 6.61 Å². The van der Waals surface area contributed by atoms with Gasteiger partial charge in [-0.2, -0.15) is 5.10 Å². The molecule has 20 heavy (non-hydrogen) atoms. The fourth-order valence-corrected chi connectivity index (χ4v) is 2.95. The van der Waals surface area contributed by atoms with Gasteiger partial charge >= 0.3 is 0 Å². The normalized spacial score (nSPS) is 19.2. The largest absolute Gasteiger partial charge is 0.493 e. The molecule has 4 nitrogen and oxygen atoms in total. The van der Waals surface area contributed by atoms with Crippen LogP contribution in [-0.2, 0) is 13.5 Å². The minimum atomic E-state index is 0.167. The van der Waals surface area contributed by atoms with Gasteiger partial charge in [0.2, 0.25) is 0 Å². The molecule has 2 unspecified atom stereocenters. The Balaban J connectivity index is 1.67. The molecule has 1 aliphatic rings. The highest BCUT2D eigenvalue weighted by Gasteiger charge is 2.26. The standard InChI is InChI=1S/C16H21N3O/c1-19-11-12(10-18-19)6-7-15(17)13-8-9-20-16-5-3-2-4-14(13)16/h2-5,10-11,13,15H,6-9,17H2,1H3. The summed E-state index contributed by atoms with van der Waals surface area (Å²) in [6.45, 7) is 0.766. The SMILES string of the molecule is Cn1cc(CCC(N)C2CCOc3ccccc32)cn1. The van der Waals surface area contributed by atoms with Gasteiger partial charge in [0.25, 0.3) is 0 Å². The lowest BCUT2D eigenvalue weighted by molar-refractivity contribution is 0.252. The molecule has 0 amide bonds. The van der Waals surface area contributed by atoms with E-state index in [2.05, 4.69) is 23.4 Å². The molecule has 106 valence electrons. The van der Waals surface area contributed by atoms with Gasteiger partial charge in [0.1, 0.15) is 5.75 Å². The summed E-state index contributed by atoms with van der Waals surface area (Å²) >= 11 is 0. The van der Waals surface area contributed by atoms with E-state index in [9.17, 15) is 0 Å². The number of nitrogens with zero attached hydrogens (tertiary/aromatic N) is 2. The van der Waals surface area contributed by atoms with Crippen LogP contribution in [0, 0.1) is 0 Å². The van der Waals surface area contributed by atoms with Crippen LogP contribution >= 0.6 is 0 Å². The first-order chi connectivity index (χ1) is 9.74. The quantitative estimate of drug-likeness (QED) is 0.928. The van der Waals surface area contributed by atoms with E-state index in [-0.39, 0.29) is 6.04 Å². The number of ether oxygens (including phenoxy) is 1. The number of aromatic nitrogens is 2. The molecular formula is C16H21N3O. The third-order valence-corrected chi connectivity index (χ3v) is 4.05. The smallest absolute Gasteiger partial charge is 0.122 e. The van der Waals surface area contributed by atoms with Crippen molar-refractivity contribution in [1.29, 1.82) is 0 Å². The van der Waals surface area contributed by atoms with Gasteiger partial charge < -0.3 is 10.5 Å². The molecule has 0 fully saturated rings. The molecule has 1 aromatic carbocycles. The van der Waals surface area contributed by atoms with Crippen LogP contribution in [0.3, 0.4) is 0 Å². The van der Waals surface area contributed by atoms with Crippen molar-refractivity contribution in [2.45, 2.75) is 31.2 Å². The zero-order valence-electron chi connectivity index (χ0n) is 11.8. The second-order valence-electron chi connectivity index (χ2n) is 5.51. The Morgan fingerprint density at radius 1 is 1.45 bits per heavy atom. The summed E-state index contributed by atoms with van der Waals surface area (Å²) in [5.74, 6) is 1.40. The molecule has 0 radical (unpaired) electrons. The third-order valence-electron chi connectivity index (χ3n) is 4.05. The lowest BCUT2D eigenvalue weighted by Crippen LogP contribution is -2.32. The van der Waals surface area contributed by atoms with Crippen molar-refractivity contribution >= 4 is 0 Å². The molecule has 2 heterocycles. The van der Waals surface area contributed by atoms with Crippen LogP contribution in [0.25, 0.3) is 0 Å². The summed E-state index contributed by atoms with van der Waals surface area (Å²) < 4.78 is 7.54. The maximum atomic E-state index is 6.44. The van der Waals surface area contributed by atoms with Crippen LogP contribution in [-0.4, -0.2) is 22.4 Å². The zero-order chi connectivity index (χ0) is 13.9. The first-order valence-corrected chi connectivity index (χ1v) is 7.19. The van der Waals surface area contributed by atoms with Crippen molar-refractivity contribution in [3.63, 3.8) is 0 Å². The lowest BCUT2D eigenvalue weighted by atomic mass is 9.84. The van der Waals surface area contributed by atoms with Crippen molar-refractivity contribution in [1.82, 2.24) is 9.78 Å². The second kappa shape index (κ2) is 5.67. The van der Waals surface area contributed by atoms with Crippen LogP contribution in [0.1, 0.15) is 29.9 Å².